The van der Waals surface area contributed by atoms with Crippen LogP contribution in [0.3, 0.4) is 0 Å². The molecule has 0 aromatic heterocycles. The van der Waals surface area contributed by atoms with Gasteiger partial charge in [0.05, 0.1) is 0 Å². The Morgan fingerprint density at radius 2 is 0.923 bits per heavy atom. The zero-order chi connectivity index (χ0) is 17.9. The largest absolute Gasteiger partial charge is 0.0625 e. The maximum absolute atomic E-state index is 2.46. The van der Waals surface area contributed by atoms with Crippen LogP contribution in [-0.4, -0.2) is 0 Å². The molecule has 0 saturated heterocycles. The summed E-state index contributed by atoms with van der Waals surface area (Å²) in [7, 11) is 0. The molecule has 4 rings (SSSR count). The average molecular weight is 357 g/mol. The van der Waals surface area contributed by atoms with Crippen molar-refractivity contribution in [3.63, 3.8) is 0 Å². The first kappa shape index (κ1) is 19.3. The molecule has 0 heterocycles. The maximum atomic E-state index is 2.46. The van der Waals surface area contributed by atoms with Crippen LogP contribution in [-0.2, 0) is 0 Å². The van der Waals surface area contributed by atoms with Crippen molar-refractivity contribution >= 4 is 0 Å². The molecule has 0 nitrogen and oxygen atoms in total. The van der Waals surface area contributed by atoms with E-state index in [0.717, 1.165) is 35.5 Å². The van der Waals surface area contributed by atoms with Crippen LogP contribution in [0.2, 0.25) is 0 Å². The van der Waals surface area contributed by atoms with Crippen molar-refractivity contribution in [1.82, 2.24) is 0 Å². The van der Waals surface area contributed by atoms with E-state index in [1.165, 1.54) is 51.4 Å². The zero-order valence-electron chi connectivity index (χ0n) is 17.8. The fraction of sp³-hybridized carbons (Fsp3) is 0.923. The molecule has 0 aromatic rings. The van der Waals surface area contributed by atoms with Crippen molar-refractivity contribution in [1.29, 1.82) is 0 Å². The lowest BCUT2D eigenvalue weighted by Gasteiger charge is -2.42. The molecule has 0 spiro atoms. The van der Waals surface area contributed by atoms with Crippen molar-refractivity contribution in [2.24, 2.45) is 35.5 Å². The summed E-state index contributed by atoms with van der Waals surface area (Å²) in [6.07, 6.45) is 24.3. The van der Waals surface area contributed by atoms with E-state index in [2.05, 4.69) is 13.8 Å². The first-order valence-electron chi connectivity index (χ1n) is 12.3. The van der Waals surface area contributed by atoms with Gasteiger partial charge in [-0.25, -0.2) is 0 Å². The SMILES string of the molecule is C[C]1CCC(C2CCC(C3CCC([C]4CCC(C)CC4)CC3)CC2)CC1. The molecule has 0 N–H and O–H groups in total. The predicted molar refractivity (Wildman–Crippen MR) is 113 cm³/mol. The third-order valence-electron chi connectivity index (χ3n) is 9.30. The van der Waals surface area contributed by atoms with Gasteiger partial charge in [-0.2, -0.15) is 0 Å². The summed E-state index contributed by atoms with van der Waals surface area (Å²) >= 11 is 0. The van der Waals surface area contributed by atoms with Crippen molar-refractivity contribution in [2.75, 3.05) is 0 Å². The second-order valence-corrected chi connectivity index (χ2v) is 10.9. The molecule has 0 aromatic carbocycles. The Labute approximate surface area is 164 Å². The Kier molecular flexibility index (Phi) is 6.69. The molecular formula is C26H44. The van der Waals surface area contributed by atoms with Gasteiger partial charge in [0.1, 0.15) is 0 Å². The molecular weight excluding hydrogens is 312 g/mol. The first-order chi connectivity index (χ1) is 12.7. The van der Waals surface area contributed by atoms with Crippen LogP contribution in [0.5, 0.6) is 0 Å². The fourth-order valence-electron chi connectivity index (χ4n) is 7.23. The highest BCUT2D eigenvalue weighted by molar-refractivity contribution is 5.01. The minimum Gasteiger partial charge on any atom is -0.0625 e. The summed E-state index contributed by atoms with van der Waals surface area (Å²) in [4.78, 5) is 0. The van der Waals surface area contributed by atoms with E-state index in [1.807, 2.05) is 5.92 Å². The maximum Gasteiger partial charge on any atom is -0.0210 e. The van der Waals surface area contributed by atoms with Crippen molar-refractivity contribution in [3.8, 4) is 0 Å². The quantitative estimate of drug-likeness (QED) is 0.478. The molecule has 4 aliphatic carbocycles. The molecule has 4 aliphatic rings. The Bertz CT molecular complexity index is 354. The summed E-state index contributed by atoms with van der Waals surface area (Å²) in [6, 6.07) is 0. The van der Waals surface area contributed by atoms with Crippen LogP contribution in [0.4, 0.5) is 0 Å². The zero-order valence-corrected chi connectivity index (χ0v) is 17.8. The van der Waals surface area contributed by atoms with Gasteiger partial charge in [0.2, 0.25) is 0 Å². The van der Waals surface area contributed by atoms with Crippen LogP contribution >= 0.6 is 0 Å². The Balaban J connectivity index is 1.18. The summed E-state index contributed by atoms with van der Waals surface area (Å²) in [5.74, 6) is 10.1. The Morgan fingerprint density at radius 1 is 0.500 bits per heavy atom. The highest BCUT2D eigenvalue weighted by Gasteiger charge is 2.36. The van der Waals surface area contributed by atoms with Crippen LogP contribution in [0.25, 0.3) is 0 Å². The average Bonchev–Trinajstić information content (AvgIpc) is 2.70. The summed E-state index contributed by atoms with van der Waals surface area (Å²) in [5.41, 5.74) is 0. The number of rotatable bonds is 3. The molecule has 0 amide bonds. The lowest BCUT2D eigenvalue weighted by molar-refractivity contribution is 0.114. The van der Waals surface area contributed by atoms with Gasteiger partial charge in [0.25, 0.3) is 0 Å². The number of hydrogen-bond donors (Lipinski definition) is 0. The highest BCUT2D eigenvalue weighted by Crippen LogP contribution is 2.48. The topological polar surface area (TPSA) is 0 Å². The Morgan fingerprint density at radius 3 is 1.42 bits per heavy atom. The summed E-state index contributed by atoms with van der Waals surface area (Å²) < 4.78 is 0. The third kappa shape index (κ3) is 4.70. The van der Waals surface area contributed by atoms with E-state index in [4.69, 9.17) is 0 Å². The van der Waals surface area contributed by atoms with Gasteiger partial charge in [-0.3, -0.25) is 0 Å². The second-order valence-electron chi connectivity index (χ2n) is 10.9. The van der Waals surface area contributed by atoms with E-state index in [-0.39, 0.29) is 0 Å². The molecule has 4 fully saturated rings. The molecule has 0 heteroatoms. The lowest BCUT2D eigenvalue weighted by atomic mass is 9.63. The van der Waals surface area contributed by atoms with Crippen LogP contribution in [0.15, 0.2) is 0 Å². The molecule has 2 radical (unpaired) electrons. The van der Waals surface area contributed by atoms with Crippen molar-refractivity contribution < 1.29 is 0 Å². The Hall–Kier alpha value is 0. The predicted octanol–water partition coefficient (Wildman–Crippen LogP) is 8.17. The van der Waals surface area contributed by atoms with Crippen LogP contribution in [0, 0.1) is 47.3 Å². The number of hydrogen-bond acceptors (Lipinski definition) is 0. The monoisotopic (exact) mass is 356 g/mol. The van der Waals surface area contributed by atoms with Gasteiger partial charge in [0, 0.05) is 0 Å². The standard InChI is InChI=1S/C26H44/c1-19-3-7-21(8-4-19)23-11-15-25(16-12-23)26-17-13-24(14-18-26)22-9-5-20(2)6-10-22/h19,22-26H,3-18H2,1-2H3. The lowest BCUT2D eigenvalue weighted by Crippen LogP contribution is -2.30. The van der Waals surface area contributed by atoms with E-state index >= 15 is 0 Å². The molecule has 26 heavy (non-hydrogen) atoms. The molecule has 0 bridgehead atoms. The van der Waals surface area contributed by atoms with Crippen LogP contribution < -0.4 is 0 Å². The van der Waals surface area contributed by atoms with Gasteiger partial charge < -0.3 is 0 Å². The highest BCUT2D eigenvalue weighted by atomic mass is 14.4. The normalized spacial score (nSPS) is 39.9. The van der Waals surface area contributed by atoms with Gasteiger partial charge in [-0.05, 0) is 137 Å². The first-order valence-corrected chi connectivity index (χ1v) is 12.3. The summed E-state index contributed by atoms with van der Waals surface area (Å²) in [6.45, 7) is 4.84. The van der Waals surface area contributed by atoms with E-state index in [1.54, 1.807) is 57.3 Å². The molecule has 0 aliphatic heterocycles. The second kappa shape index (κ2) is 9.00. The van der Waals surface area contributed by atoms with Crippen LogP contribution in [0.1, 0.15) is 117 Å². The molecule has 0 unspecified atom stereocenters. The van der Waals surface area contributed by atoms with Gasteiger partial charge in [-0.15, -0.1) is 0 Å². The minimum absolute atomic E-state index is 0.997. The van der Waals surface area contributed by atoms with Crippen molar-refractivity contribution in [3.05, 3.63) is 11.8 Å². The van der Waals surface area contributed by atoms with Crippen molar-refractivity contribution in [2.45, 2.75) is 117 Å². The molecule has 0 atom stereocenters. The van der Waals surface area contributed by atoms with Gasteiger partial charge >= 0.3 is 0 Å². The molecule has 148 valence electrons. The molecule has 4 saturated carbocycles. The van der Waals surface area contributed by atoms with E-state index in [0.29, 0.717) is 0 Å². The fourth-order valence-corrected chi connectivity index (χ4v) is 7.23. The van der Waals surface area contributed by atoms with Gasteiger partial charge in [0.15, 0.2) is 0 Å². The van der Waals surface area contributed by atoms with E-state index < -0.39 is 0 Å². The summed E-state index contributed by atoms with van der Waals surface area (Å²) in [5, 5.41) is 0. The minimum atomic E-state index is 0.997. The van der Waals surface area contributed by atoms with E-state index in [9.17, 15) is 0 Å². The smallest absolute Gasteiger partial charge is 0.0210 e. The third-order valence-corrected chi connectivity index (χ3v) is 9.30. The van der Waals surface area contributed by atoms with Gasteiger partial charge in [-0.1, -0.05) is 26.7 Å².